The smallest absolute Gasteiger partial charge is 0.269 e. The molecule has 0 radical (unpaired) electrons. The highest BCUT2D eigenvalue weighted by atomic mass is 16.5. The Labute approximate surface area is 442 Å². The summed E-state index contributed by atoms with van der Waals surface area (Å²) >= 11 is 0. The molecule has 10 aromatic rings. The molecule has 370 valence electrons. The molecule has 0 spiro atoms. The van der Waals surface area contributed by atoms with Crippen molar-refractivity contribution in [1.29, 1.82) is 0 Å². The second-order valence-corrected chi connectivity index (χ2v) is 24.7. The van der Waals surface area contributed by atoms with Crippen molar-refractivity contribution in [3.63, 3.8) is 0 Å². The van der Waals surface area contributed by atoms with Gasteiger partial charge in [0.2, 0.25) is 0 Å². The molecule has 0 aliphatic carbocycles. The van der Waals surface area contributed by atoms with E-state index in [-0.39, 0.29) is 41.7 Å². The van der Waals surface area contributed by atoms with Crippen LogP contribution in [0.1, 0.15) is 140 Å². The maximum Gasteiger partial charge on any atom is 0.269 e. The molecule has 3 heterocycles. The summed E-state index contributed by atoms with van der Waals surface area (Å²) in [4.78, 5) is 4.89. The van der Waals surface area contributed by atoms with E-state index in [1.165, 1.54) is 5.56 Å². The molecule has 0 unspecified atom stereocenters. The predicted molar refractivity (Wildman–Crippen MR) is 307 cm³/mol. The lowest BCUT2D eigenvalue weighted by atomic mass is 9.77. The monoisotopic (exact) mass is 967 g/mol. The lowest BCUT2D eigenvalue weighted by Gasteiger charge is -2.28. The Kier molecular flexibility index (Phi) is 10.3. The first-order valence-electron chi connectivity index (χ1n) is 28.6. The van der Waals surface area contributed by atoms with Crippen LogP contribution >= 0.6 is 0 Å². The molecule has 0 saturated heterocycles. The molecule has 0 fully saturated rings. The molecule has 5 nitrogen and oxygen atoms in total. The molecule has 0 aliphatic heterocycles. The largest absolute Gasteiger partial charge is 0.458 e. The number of para-hydroxylation sites is 4. The normalized spacial score (nSPS) is 14.0. The molecule has 10 rings (SSSR count). The van der Waals surface area contributed by atoms with Crippen LogP contribution in [0.5, 0.6) is 11.5 Å². The number of ether oxygens (including phenoxy) is 1. The third-order valence-electron chi connectivity index (χ3n) is 13.7. The van der Waals surface area contributed by atoms with E-state index in [9.17, 15) is 8.22 Å². The number of aromatic nitrogens is 4. The summed E-state index contributed by atoms with van der Waals surface area (Å²) < 4.78 is 72.6. The minimum atomic E-state index is -0.633. The van der Waals surface area contributed by atoms with Gasteiger partial charge in [-0.3, -0.25) is 13.7 Å². The highest BCUT2D eigenvalue weighted by molar-refractivity contribution is 6.09. The van der Waals surface area contributed by atoms with Gasteiger partial charge < -0.3 is 4.74 Å². The van der Waals surface area contributed by atoms with Gasteiger partial charge >= 0.3 is 0 Å². The van der Waals surface area contributed by atoms with E-state index in [1.54, 1.807) is 0 Å². The van der Waals surface area contributed by atoms with Crippen LogP contribution in [-0.2, 0) is 27.1 Å². The van der Waals surface area contributed by atoms with E-state index in [0.717, 1.165) is 44.3 Å². The number of imidazole rings is 1. The fourth-order valence-electron chi connectivity index (χ4n) is 9.40. The Morgan fingerprint density at radius 3 is 1.55 bits per heavy atom. The summed E-state index contributed by atoms with van der Waals surface area (Å²) in [5.41, 5.74) is 7.32. The Balaban J connectivity index is 1.22. The number of fused-ring (bicyclic) bond motifs is 4. The Morgan fingerprint density at radius 1 is 0.466 bits per heavy atom. The van der Waals surface area contributed by atoms with Crippen molar-refractivity contribution in [2.24, 2.45) is 0 Å². The van der Waals surface area contributed by atoms with Crippen LogP contribution < -0.4 is 9.30 Å². The molecule has 0 saturated carbocycles. The van der Waals surface area contributed by atoms with Gasteiger partial charge in [0.15, 0.2) is 0 Å². The van der Waals surface area contributed by atoms with Crippen LogP contribution in [0.15, 0.2) is 164 Å². The van der Waals surface area contributed by atoms with Gasteiger partial charge in [0.1, 0.15) is 17.3 Å². The molecule has 0 N–H and O–H groups in total. The fourth-order valence-corrected chi connectivity index (χ4v) is 9.40. The summed E-state index contributed by atoms with van der Waals surface area (Å²) in [5, 5.41) is 2.20. The van der Waals surface area contributed by atoms with E-state index in [2.05, 4.69) is 80.2 Å². The number of hydrogen-bond donors (Lipinski definition) is 0. The van der Waals surface area contributed by atoms with Gasteiger partial charge in [0, 0.05) is 23.0 Å². The van der Waals surface area contributed by atoms with E-state index in [1.807, 2.05) is 171 Å². The Hall–Kier alpha value is -7.24. The van der Waals surface area contributed by atoms with Gasteiger partial charge in [-0.25, -0.2) is 4.98 Å². The molecular formula is C68H72N4O. The van der Waals surface area contributed by atoms with Crippen molar-refractivity contribution in [2.45, 2.75) is 131 Å². The van der Waals surface area contributed by atoms with E-state index in [4.69, 9.17) is 9.72 Å². The van der Waals surface area contributed by atoms with Crippen LogP contribution in [0.25, 0.3) is 72.3 Å². The average Bonchev–Trinajstić information content (AvgIpc) is 3.95. The third kappa shape index (κ3) is 9.51. The predicted octanol–water partition coefficient (Wildman–Crippen LogP) is 17.8. The maximum atomic E-state index is 10.1. The number of pyridine rings is 1. The van der Waals surface area contributed by atoms with Crippen molar-refractivity contribution in [3.05, 3.63) is 198 Å². The van der Waals surface area contributed by atoms with Crippen molar-refractivity contribution in [2.75, 3.05) is 0 Å². The van der Waals surface area contributed by atoms with E-state index >= 15 is 0 Å². The summed E-state index contributed by atoms with van der Waals surface area (Å²) in [6.45, 7) is 30.7. The minimum Gasteiger partial charge on any atom is -0.458 e. The molecule has 0 bridgehead atoms. The second kappa shape index (κ2) is 17.8. The maximum absolute atomic E-state index is 10.1. The quantitative estimate of drug-likeness (QED) is 0.118. The third-order valence-corrected chi connectivity index (χ3v) is 13.7. The van der Waals surface area contributed by atoms with Crippen LogP contribution in [0, 0.1) is 6.33 Å². The van der Waals surface area contributed by atoms with Crippen LogP contribution in [-0.4, -0.2) is 14.1 Å². The Bertz CT molecular complexity index is 3900. The minimum absolute atomic E-state index is 0.0701. The molecule has 0 atom stereocenters. The highest BCUT2D eigenvalue weighted by Crippen LogP contribution is 2.42. The summed E-state index contributed by atoms with van der Waals surface area (Å²) in [6, 6.07) is 41.1. The summed E-state index contributed by atoms with van der Waals surface area (Å²) in [6.07, 6.45) is 5.63. The topological polar surface area (TPSA) is 35.9 Å². The van der Waals surface area contributed by atoms with Crippen molar-refractivity contribution in [1.82, 2.24) is 14.1 Å². The van der Waals surface area contributed by atoms with E-state index in [0.29, 0.717) is 61.7 Å². The Morgan fingerprint density at radius 2 is 0.973 bits per heavy atom. The second-order valence-electron chi connectivity index (χ2n) is 24.7. The van der Waals surface area contributed by atoms with Gasteiger partial charge in [-0.05, 0) is 126 Å². The number of nitrogens with zero attached hydrogens (tertiary/aromatic N) is 4. The fraction of sp³-hybridized carbons (Fsp3) is 0.294. The molecule has 73 heavy (non-hydrogen) atoms. The van der Waals surface area contributed by atoms with Gasteiger partial charge in [-0.1, -0.05) is 207 Å². The first-order chi connectivity index (χ1) is 36.9. The lowest BCUT2D eigenvalue weighted by Crippen LogP contribution is -2.31. The van der Waals surface area contributed by atoms with Crippen LogP contribution in [0.3, 0.4) is 0 Å². The van der Waals surface area contributed by atoms with Gasteiger partial charge in [0.05, 0.1) is 41.7 Å². The first kappa shape index (κ1) is 42.3. The molecule has 7 aromatic carbocycles. The molecule has 5 heteroatoms. The van der Waals surface area contributed by atoms with Gasteiger partial charge in [-0.15, -0.1) is 0 Å². The zero-order chi connectivity index (χ0) is 57.2. The average molecular weight is 967 g/mol. The van der Waals surface area contributed by atoms with Crippen molar-refractivity contribution in [3.8, 4) is 50.9 Å². The van der Waals surface area contributed by atoms with Gasteiger partial charge in [-0.2, -0.15) is 0 Å². The first-order valence-corrected chi connectivity index (χ1v) is 25.6. The van der Waals surface area contributed by atoms with Gasteiger partial charge in [0.25, 0.3) is 6.33 Å². The number of hydrogen-bond acceptors (Lipinski definition) is 2. The summed E-state index contributed by atoms with van der Waals surface area (Å²) in [7, 11) is 0. The molecular weight excluding hydrogens is 889 g/mol. The standard InChI is InChI=1S/C68H72N4O/c1-64(2,3)46-32-33-69-62(40-46)72-58-27-17-16-24-56(58)57-31-30-53(42-61(57)72)73-52-23-20-22-51(41-52)70-43-71(60-29-19-18-28-59(60)70)63-54(44-34-47(65(4,5)6)38-48(35-44)66(7,8)9)25-21-26-55(63)45-36-49(67(10,11)12)39-50(37-45)68(13,14)15/h16-42H,1-15H3/i34D,35D,36D,37D,38D,39D. The molecule has 0 amide bonds. The van der Waals surface area contributed by atoms with Crippen molar-refractivity contribution >= 4 is 32.8 Å². The molecule has 3 aromatic heterocycles. The lowest BCUT2D eigenvalue weighted by molar-refractivity contribution is -0.571. The van der Waals surface area contributed by atoms with Crippen LogP contribution in [0.4, 0.5) is 0 Å². The zero-order valence-electron chi connectivity index (χ0n) is 51.3. The zero-order valence-corrected chi connectivity index (χ0v) is 45.3. The van der Waals surface area contributed by atoms with E-state index < -0.39 is 21.7 Å². The summed E-state index contributed by atoms with van der Waals surface area (Å²) in [5.74, 6) is 2.08. The molecule has 0 aliphatic rings. The number of rotatable bonds is 7. The van der Waals surface area contributed by atoms with Crippen LogP contribution in [0.2, 0.25) is 0 Å². The van der Waals surface area contributed by atoms with Crippen molar-refractivity contribution < 1.29 is 17.5 Å². The number of benzene rings is 7. The SMILES string of the molecule is [2H]c1c(-c2cccc(-c3c([2H])c(C(C)(C)C)c([2H])c(C(C)(C)C)c3[2H])c2-[n+]2[c-]n(-c3cccc(Oc4ccc5c6ccccc6n(-c6cc(C(C)(C)C)ccn6)c5c4)c3)c3ccccc32)c([2H])c(C(C)(C)C)c([2H])c1C(C)(C)C. The highest BCUT2D eigenvalue weighted by Gasteiger charge is 2.27.